The lowest BCUT2D eigenvalue weighted by atomic mass is 9.86. The lowest BCUT2D eigenvalue weighted by Crippen LogP contribution is -2.44. The SMILES string of the molecule is CC(C)(C)OC(=O)N1CCC(C(NN)C2=CCCCC2)C1. The zero-order chi connectivity index (χ0) is 15.5. The summed E-state index contributed by atoms with van der Waals surface area (Å²) in [5.74, 6) is 6.16. The number of likely N-dealkylation sites (tertiary alicyclic amines) is 1. The number of carbonyl (C=O) groups is 1. The third-order valence-electron chi connectivity index (χ3n) is 4.25. The highest BCUT2D eigenvalue weighted by Gasteiger charge is 2.35. The summed E-state index contributed by atoms with van der Waals surface area (Å²) in [4.78, 5) is 13.9. The van der Waals surface area contributed by atoms with Gasteiger partial charge in [-0.1, -0.05) is 11.6 Å². The van der Waals surface area contributed by atoms with Gasteiger partial charge in [-0.15, -0.1) is 0 Å². The van der Waals surface area contributed by atoms with E-state index in [4.69, 9.17) is 10.6 Å². The van der Waals surface area contributed by atoms with Crippen molar-refractivity contribution < 1.29 is 9.53 Å². The number of hydrogen-bond acceptors (Lipinski definition) is 4. The molecule has 1 fully saturated rings. The molecule has 2 atom stereocenters. The van der Waals surface area contributed by atoms with Crippen molar-refractivity contribution in [3.63, 3.8) is 0 Å². The van der Waals surface area contributed by atoms with Gasteiger partial charge in [-0.2, -0.15) is 0 Å². The van der Waals surface area contributed by atoms with Crippen LogP contribution in [0.3, 0.4) is 0 Å². The Labute approximate surface area is 127 Å². The van der Waals surface area contributed by atoms with Crippen LogP contribution in [0.4, 0.5) is 4.79 Å². The van der Waals surface area contributed by atoms with Gasteiger partial charge in [0.2, 0.25) is 0 Å². The quantitative estimate of drug-likeness (QED) is 0.477. The Balaban J connectivity index is 1.94. The molecule has 1 aliphatic carbocycles. The molecule has 0 saturated carbocycles. The number of ether oxygens (including phenoxy) is 1. The first kappa shape index (κ1) is 16.3. The van der Waals surface area contributed by atoms with Gasteiger partial charge in [0.15, 0.2) is 0 Å². The summed E-state index contributed by atoms with van der Waals surface area (Å²) in [7, 11) is 0. The highest BCUT2D eigenvalue weighted by molar-refractivity contribution is 5.68. The summed E-state index contributed by atoms with van der Waals surface area (Å²) >= 11 is 0. The monoisotopic (exact) mass is 295 g/mol. The molecule has 5 heteroatoms. The number of rotatable bonds is 3. The predicted octanol–water partition coefficient (Wildman–Crippen LogP) is 2.58. The Morgan fingerprint density at radius 2 is 2.24 bits per heavy atom. The fraction of sp³-hybridized carbons (Fsp3) is 0.812. The molecular weight excluding hydrogens is 266 g/mol. The van der Waals surface area contributed by atoms with Gasteiger partial charge < -0.3 is 9.64 Å². The van der Waals surface area contributed by atoms with E-state index in [1.807, 2.05) is 25.7 Å². The minimum atomic E-state index is -0.438. The van der Waals surface area contributed by atoms with Crippen LogP contribution in [0.25, 0.3) is 0 Å². The van der Waals surface area contributed by atoms with Crippen LogP contribution in [0.2, 0.25) is 0 Å². The minimum Gasteiger partial charge on any atom is -0.444 e. The molecule has 1 aliphatic heterocycles. The van der Waals surface area contributed by atoms with Crippen LogP contribution in [-0.4, -0.2) is 35.7 Å². The number of nitrogens with two attached hydrogens (primary N) is 1. The van der Waals surface area contributed by atoms with Crippen LogP contribution in [0.5, 0.6) is 0 Å². The lowest BCUT2D eigenvalue weighted by Gasteiger charge is -2.28. The molecule has 1 amide bonds. The van der Waals surface area contributed by atoms with Crippen molar-refractivity contribution in [3.05, 3.63) is 11.6 Å². The van der Waals surface area contributed by atoms with Crippen LogP contribution in [-0.2, 0) is 4.74 Å². The second-order valence-electron chi connectivity index (χ2n) is 7.14. The van der Waals surface area contributed by atoms with Gasteiger partial charge in [-0.05, 0) is 58.8 Å². The van der Waals surface area contributed by atoms with Gasteiger partial charge in [-0.3, -0.25) is 11.3 Å². The fourth-order valence-corrected chi connectivity index (χ4v) is 3.24. The second-order valence-corrected chi connectivity index (χ2v) is 7.14. The zero-order valence-electron chi connectivity index (χ0n) is 13.5. The molecule has 21 heavy (non-hydrogen) atoms. The van der Waals surface area contributed by atoms with E-state index in [2.05, 4.69) is 11.5 Å². The number of allylic oxidation sites excluding steroid dienone is 1. The van der Waals surface area contributed by atoms with E-state index in [-0.39, 0.29) is 12.1 Å². The maximum Gasteiger partial charge on any atom is 0.410 e. The predicted molar refractivity (Wildman–Crippen MR) is 83.6 cm³/mol. The highest BCUT2D eigenvalue weighted by atomic mass is 16.6. The zero-order valence-corrected chi connectivity index (χ0v) is 13.5. The van der Waals surface area contributed by atoms with E-state index in [0.717, 1.165) is 32.4 Å². The van der Waals surface area contributed by atoms with E-state index in [1.54, 1.807) is 0 Å². The van der Waals surface area contributed by atoms with Crippen LogP contribution in [0, 0.1) is 5.92 Å². The number of nitrogens with zero attached hydrogens (tertiary/aromatic N) is 1. The molecule has 1 heterocycles. The van der Waals surface area contributed by atoms with Gasteiger partial charge >= 0.3 is 6.09 Å². The van der Waals surface area contributed by atoms with Gasteiger partial charge in [-0.25, -0.2) is 4.79 Å². The molecule has 0 bridgehead atoms. The average Bonchev–Trinajstić information content (AvgIpc) is 2.89. The van der Waals surface area contributed by atoms with Crippen LogP contribution >= 0.6 is 0 Å². The Bertz CT molecular complexity index is 401. The molecule has 0 spiro atoms. The number of hydrogen-bond donors (Lipinski definition) is 2. The van der Waals surface area contributed by atoms with E-state index in [9.17, 15) is 4.79 Å². The molecule has 2 aliphatic rings. The summed E-state index contributed by atoms with van der Waals surface area (Å²) < 4.78 is 5.45. The van der Waals surface area contributed by atoms with Crippen molar-refractivity contribution in [1.29, 1.82) is 0 Å². The van der Waals surface area contributed by atoms with Crippen LogP contribution < -0.4 is 11.3 Å². The standard InChI is InChI=1S/C16H29N3O2/c1-16(2,3)21-15(20)19-10-9-13(11-19)14(18-17)12-7-5-4-6-8-12/h7,13-14,18H,4-6,8-11,17H2,1-3H3. The molecular formula is C16H29N3O2. The Morgan fingerprint density at radius 1 is 1.48 bits per heavy atom. The Hall–Kier alpha value is -1.07. The van der Waals surface area contributed by atoms with Crippen molar-refractivity contribution >= 4 is 6.09 Å². The number of hydrazine groups is 1. The summed E-state index contributed by atoms with van der Waals surface area (Å²) in [6, 6.07) is 0.192. The summed E-state index contributed by atoms with van der Waals surface area (Å²) in [5, 5.41) is 0. The molecule has 2 unspecified atom stereocenters. The topological polar surface area (TPSA) is 67.6 Å². The van der Waals surface area contributed by atoms with E-state index < -0.39 is 5.60 Å². The van der Waals surface area contributed by atoms with E-state index in [0.29, 0.717) is 5.92 Å². The van der Waals surface area contributed by atoms with Crippen molar-refractivity contribution in [2.45, 2.75) is 64.5 Å². The normalized spacial score (nSPS) is 24.7. The molecule has 1 saturated heterocycles. The van der Waals surface area contributed by atoms with E-state index in [1.165, 1.54) is 18.4 Å². The molecule has 2 rings (SSSR count). The van der Waals surface area contributed by atoms with Gasteiger partial charge in [0.1, 0.15) is 5.60 Å². The van der Waals surface area contributed by atoms with Crippen molar-refractivity contribution in [2.24, 2.45) is 11.8 Å². The first-order valence-electron chi connectivity index (χ1n) is 8.03. The van der Waals surface area contributed by atoms with Crippen molar-refractivity contribution in [2.75, 3.05) is 13.1 Å². The Kier molecular flexibility index (Phi) is 5.27. The largest absolute Gasteiger partial charge is 0.444 e. The third-order valence-corrected chi connectivity index (χ3v) is 4.25. The van der Waals surface area contributed by atoms with Crippen LogP contribution in [0.1, 0.15) is 52.9 Å². The molecule has 5 nitrogen and oxygen atoms in total. The first-order valence-corrected chi connectivity index (χ1v) is 8.03. The minimum absolute atomic E-state index is 0.192. The second kappa shape index (κ2) is 6.79. The highest BCUT2D eigenvalue weighted by Crippen LogP contribution is 2.29. The molecule has 120 valence electrons. The summed E-state index contributed by atoms with van der Waals surface area (Å²) in [6.45, 7) is 7.17. The number of carbonyl (C=O) groups excluding carboxylic acids is 1. The third kappa shape index (κ3) is 4.45. The van der Waals surface area contributed by atoms with Gasteiger partial charge in [0.05, 0.1) is 0 Å². The van der Waals surface area contributed by atoms with E-state index >= 15 is 0 Å². The summed E-state index contributed by atoms with van der Waals surface area (Å²) in [5.41, 5.74) is 3.95. The van der Waals surface area contributed by atoms with Gasteiger partial charge in [0.25, 0.3) is 0 Å². The van der Waals surface area contributed by atoms with Crippen molar-refractivity contribution in [1.82, 2.24) is 10.3 Å². The average molecular weight is 295 g/mol. The molecule has 0 radical (unpaired) electrons. The fourth-order valence-electron chi connectivity index (χ4n) is 3.24. The van der Waals surface area contributed by atoms with Crippen molar-refractivity contribution in [3.8, 4) is 0 Å². The molecule has 3 N–H and O–H groups in total. The smallest absolute Gasteiger partial charge is 0.410 e. The lowest BCUT2D eigenvalue weighted by molar-refractivity contribution is 0.0286. The van der Waals surface area contributed by atoms with Crippen LogP contribution in [0.15, 0.2) is 11.6 Å². The first-order chi connectivity index (χ1) is 9.90. The maximum absolute atomic E-state index is 12.1. The molecule has 0 aromatic carbocycles. The number of nitrogens with one attached hydrogen (secondary N) is 1. The maximum atomic E-state index is 12.1. The Morgan fingerprint density at radius 3 is 2.81 bits per heavy atom. The molecule has 0 aromatic rings. The number of amides is 1. The molecule has 0 aromatic heterocycles. The van der Waals surface area contributed by atoms with Gasteiger partial charge in [0, 0.05) is 19.1 Å². The summed E-state index contributed by atoms with van der Waals surface area (Å²) in [6.07, 6.45) is 7.88.